The molecule has 2 aromatic carbocycles. The number of pyridine rings is 1. The van der Waals surface area contributed by atoms with Crippen molar-refractivity contribution in [3.8, 4) is 0 Å². The van der Waals surface area contributed by atoms with Crippen LogP contribution in [0.1, 0.15) is 29.3 Å². The van der Waals surface area contributed by atoms with Crippen LogP contribution in [0.3, 0.4) is 0 Å². The molecular weight excluding hydrogens is 256 g/mol. The van der Waals surface area contributed by atoms with Crippen LogP contribution in [-0.2, 0) is 5.54 Å². The zero-order chi connectivity index (χ0) is 15.0. The monoisotopic (exact) mass is 276 g/mol. The molecule has 0 spiro atoms. The first-order valence-electron chi connectivity index (χ1n) is 7.21. The number of hydrogen-bond acceptors (Lipinski definition) is 2. The normalized spacial score (nSPS) is 14.1. The summed E-state index contributed by atoms with van der Waals surface area (Å²) in [5.74, 6) is 0. The fourth-order valence-corrected chi connectivity index (χ4v) is 2.86. The van der Waals surface area contributed by atoms with E-state index in [9.17, 15) is 0 Å². The molecule has 0 bridgehead atoms. The number of aryl methyl sites for hydroxylation is 2. The van der Waals surface area contributed by atoms with Crippen LogP contribution in [0.4, 0.5) is 0 Å². The molecule has 0 fully saturated rings. The molecule has 1 atom stereocenters. The molecule has 3 rings (SSSR count). The van der Waals surface area contributed by atoms with Gasteiger partial charge in [-0.3, -0.25) is 4.98 Å². The van der Waals surface area contributed by atoms with E-state index in [0.29, 0.717) is 0 Å². The lowest BCUT2D eigenvalue weighted by molar-refractivity contribution is 0.600. The molecule has 1 unspecified atom stereocenters. The molecule has 2 heteroatoms. The van der Waals surface area contributed by atoms with E-state index in [0.717, 1.165) is 27.7 Å². The molecule has 1 heterocycles. The van der Waals surface area contributed by atoms with Gasteiger partial charge in [-0.15, -0.1) is 0 Å². The Labute approximate surface area is 125 Å². The SMILES string of the molecule is Cc1ccc2cc(C(C)(N)c3ccccc3C)ccc2n1. The van der Waals surface area contributed by atoms with Crippen LogP contribution < -0.4 is 5.73 Å². The second-order valence-electron chi connectivity index (χ2n) is 5.88. The molecule has 21 heavy (non-hydrogen) atoms. The average molecular weight is 276 g/mol. The summed E-state index contributed by atoms with van der Waals surface area (Å²) >= 11 is 0. The molecular formula is C19H20N2. The Morgan fingerprint density at radius 2 is 1.71 bits per heavy atom. The lowest BCUT2D eigenvalue weighted by atomic mass is 9.83. The van der Waals surface area contributed by atoms with Gasteiger partial charge < -0.3 is 5.73 Å². The van der Waals surface area contributed by atoms with E-state index >= 15 is 0 Å². The number of aromatic nitrogens is 1. The third-order valence-corrected chi connectivity index (χ3v) is 4.13. The van der Waals surface area contributed by atoms with Crippen molar-refractivity contribution in [2.24, 2.45) is 5.73 Å². The van der Waals surface area contributed by atoms with Gasteiger partial charge in [-0.1, -0.05) is 36.4 Å². The summed E-state index contributed by atoms with van der Waals surface area (Å²) in [6.45, 7) is 6.18. The Morgan fingerprint density at radius 1 is 0.952 bits per heavy atom. The minimum Gasteiger partial charge on any atom is -0.318 e. The Bertz CT molecular complexity index is 804. The number of nitrogens with two attached hydrogens (primary N) is 1. The van der Waals surface area contributed by atoms with E-state index in [1.54, 1.807) is 0 Å². The Morgan fingerprint density at radius 3 is 2.48 bits per heavy atom. The van der Waals surface area contributed by atoms with Crippen LogP contribution >= 0.6 is 0 Å². The summed E-state index contributed by atoms with van der Waals surface area (Å²) in [6.07, 6.45) is 0. The van der Waals surface area contributed by atoms with Crippen molar-refractivity contribution < 1.29 is 0 Å². The smallest absolute Gasteiger partial charge is 0.0705 e. The Kier molecular flexibility index (Phi) is 3.26. The quantitative estimate of drug-likeness (QED) is 0.766. The highest BCUT2D eigenvalue weighted by Gasteiger charge is 2.25. The summed E-state index contributed by atoms with van der Waals surface area (Å²) in [7, 11) is 0. The molecule has 0 saturated heterocycles. The van der Waals surface area contributed by atoms with E-state index in [1.807, 2.05) is 25.1 Å². The van der Waals surface area contributed by atoms with Crippen molar-refractivity contribution in [1.29, 1.82) is 0 Å². The Balaban J connectivity index is 2.15. The summed E-state index contributed by atoms with van der Waals surface area (Å²) in [6, 6.07) is 18.7. The van der Waals surface area contributed by atoms with E-state index in [4.69, 9.17) is 5.73 Å². The third kappa shape index (κ3) is 2.43. The highest BCUT2D eigenvalue weighted by Crippen LogP contribution is 2.30. The van der Waals surface area contributed by atoms with Crippen molar-refractivity contribution in [3.05, 3.63) is 77.0 Å². The maximum atomic E-state index is 6.66. The predicted octanol–water partition coefficient (Wildman–Crippen LogP) is 4.07. The van der Waals surface area contributed by atoms with Crippen molar-refractivity contribution in [3.63, 3.8) is 0 Å². The molecule has 0 aliphatic heterocycles. The van der Waals surface area contributed by atoms with Gasteiger partial charge in [0.05, 0.1) is 11.1 Å². The lowest BCUT2D eigenvalue weighted by Crippen LogP contribution is -2.35. The van der Waals surface area contributed by atoms with Gasteiger partial charge in [0.25, 0.3) is 0 Å². The van der Waals surface area contributed by atoms with Gasteiger partial charge in [0.15, 0.2) is 0 Å². The average Bonchev–Trinajstić information content (AvgIpc) is 2.47. The summed E-state index contributed by atoms with van der Waals surface area (Å²) in [5.41, 5.74) is 11.7. The standard InChI is InChI=1S/C19H20N2/c1-13-6-4-5-7-17(13)19(3,20)16-10-11-18-15(12-16)9-8-14(2)21-18/h4-12H,20H2,1-3H3. The number of rotatable bonds is 2. The fraction of sp³-hybridized carbons (Fsp3) is 0.211. The van der Waals surface area contributed by atoms with Crippen LogP contribution in [0, 0.1) is 13.8 Å². The first kappa shape index (κ1) is 13.8. The molecule has 1 aromatic heterocycles. The third-order valence-electron chi connectivity index (χ3n) is 4.13. The van der Waals surface area contributed by atoms with Crippen LogP contribution in [0.5, 0.6) is 0 Å². The van der Waals surface area contributed by atoms with Gasteiger partial charge in [0.2, 0.25) is 0 Å². The van der Waals surface area contributed by atoms with Crippen molar-refractivity contribution in [1.82, 2.24) is 4.98 Å². The molecule has 2 nitrogen and oxygen atoms in total. The van der Waals surface area contributed by atoms with E-state index in [1.165, 1.54) is 5.56 Å². The molecule has 3 aromatic rings. The molecule has 0 aliphatic rings. The number of fused-ring (bicyclic) bond motifs is 1. The number of hydrogen-bond donors (Lipinski definition) is 1. The second-order valence-corrected chi connectivity index (χ2v) is 5.88. The zero-order valence-corrected chi connectivity index (χ0v) is 12.7. The van der Waals surface area contributed by atoms with E-state index in [2.05, 4.69) is 55.2 Å². The summed E-state index contributed by atoms with van der Waals surface area (Å²) < 4.78 is 0. The van der Waals surface area contributed by atoms with Gasteiger partial charge in [-0.25, -0.2) is 0 Å². The molecule has 0 saturated carbocycles. The molecule has 0 amide bonds. The fourth-order valence-electron chi connectivity index (χ4n) is 2.86. The first-order valence-corrected chi connectivity index (χ1v) is 7.21. The maximum Gasteiger partial charge on any atom is 0.0705 e. The highest BCUT2D eigenvalue weighted by atomic mass is 14.7. The van der Waals surface area contributed by atoms with Crippen LogP contribution in [-0.4, -0.2) is 4.98 Å². The van der Waals surface area contributed by atoms with Crippen molar-refractivity contribution >= 4 is 10.9 Å². The maximum absolute atomic E-state index is 6.66. The van der Waals surface area contributed by atoms with Gasteiger partial charge in [0, 0.05) is 11.1 Å². The van der Waals surface area contributed by atoms with E-state index in [-0.39, 0.29) is 0 Å². The molecule has 2 N–H and O–H groups in total. The van der Waals surface area contributed by atoms with Gasteiger partial charge in [0.1, 0.15) is 0 Å². The molecule has 0 aliphatic carbocycles. The second kappa shape index (κ2) is 4.97. The van der Waals surface area contributed by atoms with Gasteiger partial charge in [-0.2, -0.15) is 0 Å². The number of nitrogens with zero attached hydrogens (tertiary/aromatic N) is 1. The molecule has 0 radical (unpaired) electrons. The highest BCUT2D eigenvalue weighted by molar-refractivity contribution is 5.80. The van der Waals surface area contributed by atoms with Gasteiger partial charge >= 0.3 is 0 Å². The summed E-state index contributed by atoms with van der Waals surface area (Å²) in [5, 5.41) is 1.13. The number of benzene rings is 2. The minimum absolute atomic E-state index is 0.510. The molecule has 106 valence electrons. The van der Waals surface area contributed by atoms with Crippen LogP contribution in [0.15, 0.2) is 54.6 Å². The predicted molar refractivity (Wildman–Crippen MR) is 88.3 cm³/mol. The topological polar surface area (TPSA) is 38.9 Å². The Hall–Kier alpha value is -2.19. The van der Waals surface area contributed by atoms with Crippen molar-refractivity contribution in [2.45, 2.75) is 26.3 Å². The lowest BCUT2D eigenvalue weighted by Gasteiger charge is -2.28. The van der Waals surface area contributed by atoms with Crippen LogP contribution in [0.2, 0.25) is 0 Å². The first-order chi connectivity index (χ1) is 9.98. The largest absolute Gasteiger partial charge is 0.318 e. The summed E-state index contributed by atoms with van der Waals surface area (Å²) in [4.78, 5) is 4.55. The minimum atomic E-state index is -0.510. The zero-order valence-electron chi connectivity index (χ0n) is 12.7. The van der Waals surface area contributed by atoms with Gasteiger partial charge in [-0.05, 0) is 55.7 Å². The van der Waals surface area contributed by atoms with Crippen molar-refractivity contribution in [2.75, 3.05) is 0 Å². The van der Waals surface area contributed by atoms with E-state index < -0.39 is 5.54 Å². The van der Waals surface area contributed by atoms with Crippen LogP contribution in [0.25, 0.3) is 10.9 Å².